The number of tetrazole rings is 1. The summed E-state index contributed by atoms with van der Waals surface area (Å²) in [7, 11) is 0. The molecule has 0 unspecified atom stereocenters. The molecule has 0 saturated heterocycles. The number of hydrogen-bond acceptors (Lipinski definition) is 3. The Labute approximate surface area is 111 Å². The molecular formula is C15H14N4. The fourth-order valence-corrected chi connectivity index (χ4v) is 2.09. The minimum atomic E-state index is 0.710. The lowest BCUT2D eigenvalue weighted by atomic mass is 10.0. The molecule has 0 aliphatic carbocycles. The van der Waals surface area contributed by atoms with E-state index in [0.29, 0.717) is 5.82 Å². The maximum atomic E-state index is 3.93. The number of H-pyrrole nitrogens is 1. The van der Waals surface area contributed by atoms with Crippen molar-refractivity contribution in [2.24, 2.45) is 0 Å². The van der Waals surface area contributed by atoms with Gasteiger partial charge < -0.3 is 0 Å². The average Bonchev–Trinajstić information content (AvgIpc) is 3.01. The van der Waals surface area contributed by atoms with E-state index in [2.05, 4.69) is 57.0 Å². The standard InChI is InChI=1S/C15H14N4/c1-2-5-12(6-3-1)9-10-13-7-4-8-14(11-13)15-16-18-19-17-15/h1-8,11H,9-10H2,(H,16,17,18,19). The van der Waals surface area contributed by atoms with Crippen LogP contribution in [0.5, 0.6) is 0 Å². The van der Waals surface area contributed by atoms with Crippen LogP contribution in [0, 0.1) is 0 Å². The van der Waals surface area contributed by atoms with Gasteiger partial charge in [0.15, 0.2) is 5.82 Å². The Hall–Kier alpha value is -2.49. The topological polar surface area (TPSA) is 54.5 Å². The first-order chi connectivity index (χ1) is 9.42. The Morgan fingerprint density at radius 1 is 0.842 bits per heavy atom. The van der Waals surface area contributed by atoms with Gasteiger partial charge in [0.25, 0.3) is 0 Å². The second kappa shape index (κ2) is 5.44. The fraction of sp³-hybridized carbons (Fsp3) is 0.133. The summed E-state index contributed by atoms with van der Waals surface area (Å²) < 4.78 is 0. The van der Waals surface area contributed by atoms with Crippen molar-refractivity contribution < 1.29 is 0 Å². The number of aromatic amines is 1. The molecule has 0 aliphatic rings. The Morgan fingerprint density at radius 3 is 2.42 bits per heavy atom. The van der Waals surface area contributed by atoms with E-state index in [0.717, 1.165) is 18.4 Å². The zero-order valence-corrected chi connectivity index (χ0v) is 10.5. The van der Waals surface area contributed by atoms with Crippen LogP contribution in [0.2, 0.25) is 0 Å². The molecule has 0 fully saturated rings. The molecule has 0 aliphatic heterocycles. The minimum Gasteiger partial charge on any atom is -0.239 e. The van der Waals surface area contributed by atoms with Crippen molar-refractivity contribution in [1.82, 2.24) is 20.6 Å². The molecular weight excluding hydrogens is 236 g/mol. The Bertz CT molecular complexity index is 632. The van der Waals surface area contributed by atoms with E-state index in [1.165, 1.54) is 11.1 Å². The molecule has 1 heterocycles. The first kappa shape index (κ1) is 11.6. The predicted molar refractivity (Wildman–Crippen MR) is 73.5 cm³/mol. The number of nitrogens with one attached hydrogen (secondary N) is 1. The number of nitrogens with zero attached hydrogens (tertiary/aromatic N) is 3. The van der Waals surface area contributed by atoms with Crippen LogP contribution in [0.25, 0.3) is 11.4 Å². The van der Waals surface area contributed by atoms with Gasteiger partial charge in [-0.05, 0) is 40.5 Å². The molecule has 0 spiro atoms. The van der Waals surface area contributed by atoms with Gasteiger partial charge in [-0.15, -0.1) is 5.10 Å². The van der Waals surface area contributed by atoms with E-state index < -0.39 is 0 Å². The first-order valence-corrected chi connectivity index (χ1v) is 6.29. The molecule has 3 aromatic rings. The molecule has 1 aromatic heterocycles. The minimum absolute atomic E-state index is 0.710. The zero-order valence-electron chi connectivity index (χ0n) is 10.5. The third-order valence-electron chi connectivity index (χ3n) is 3.09. The van der Waals surface area contributed by atoms with Gasteiger partial charge in [-0.2, -0.15) is 0 Å². The largest absolute Gasteiger partial charge is 0.239 e. The molecule has 1 N–H and O–H groups in total. The normalized spacial score (nSPS) is 10.5. The van der Waals surface area contributed by atoms with Crippen LogP contribution in [0.3, 0.4) is 0 Å². The summed E-state index contributed by atoms with van der Waals surface area (Å²) >= 11 is 0. The van der Waals surface area contributed by atoms with E-state index in [1.807, 2.05) is 18.2 Å². The molecule has 3 rings (SSSR count). The predicted octanol–water partition coefficient (Wildman–Crippen LogP) is 2.65. The highest BCUT2D eigenvalue weighted by Gasteiger charge is 2.03. The van der Waals surface area contributed by atoms with E-state index >= 15 is 0 Å². The number of rotatable bonds is 4. The van der Waals surface area contributed by atoms with Crippen LogP contribution in [0.1, 0.15) is 11.1 Å². The quantitative estimate of drug-likeness (QED) is 0.774. The second-order valence-electron chi connectivity index (χ2n) is 4.44. The van der Waals surface area contributed by atoms with E-state index in [-0.39, 0.29) is 0 Å². The van der Waals surface area contributed by atoms with Crippen LogP contribution < -0.4 is 0 Å². The summed E-state index contributed by atoms with van der Waals surface area (Å²) in [5.41, 5.74) is 3.67. The number of hydrogen-bond donors (Lipinski definition) is 1. The van der Waals surface area contributed by atoms with Crippen molar-refractivity contribution in [1.29, 1.82) is 0 Å². The van der Waals surface area contributed by atoms with E-state index in [4.69, 9.17) is 0 Å². The molecule has 2 aromatic carbocycles. The van der Waals surface area contributed by atoms with Crippen LogP contribution in [0.4, 0.5) is 0 Å². The van der Waals surface area contributed by atoms with Crippen molar-refractivity contribution >= 4 is 0 Å². The molecule has 0 bridgehead atoms. The third kappa shape index (κ3) is 2.85. The summed E-state index contributed by atoms with van der Waals surface area (Å²) in [5.74, 6) is 0.710. The van der Waals surface area contributed by atoms with Gasteiger partial charge in [-0.25, -0.2) is 5.10 Å². The summed E-state index contributed by atoms with van der Waals surface area (Å²) in [5, 5.41) is 13.9. The maximum absolute atomic E-state index is 3.93. The lowest BCUT2D eigenvalue weighted by molar-refractivity contribution is 0.881. The Kier molecular flexibility index (Phi) is 3.32. The van der Waals surface area contributed by atoms with Gasteiger partial charge in [0.2, 0.25) is 0 Å². The van der Waals surface area contributed by atoms with Gasteiger partial charge in [0.1, 0.15) is 0 Å². The Balaban J connectivity index is 1.74. The fourth-order valence-electron chi connectivity index (χ4n) is 2.09. The molecule has 0 atom stereocenters. The van der Waals surface area contributed by atoms with Crippen LogP contribution in [-0.4, -0.2) is 20.6 Å². The van der Waals surface area contributed by atoms with Gasteiger partial charge in [-0.1, -0.05) is 48.5 Å². The third-order valence-corrected chi connectivity index (χ3v) is 3.09. The number of aromatic nitrogens is 4. The number of aryl methyl sites for hydroxylation is 2. The summed E-state index contributed by atoms with van der Waals surface area (Å²) in [6.07, 6.45) is 2.05. The van der Waals surface area contributed by atoms with Crippen LogP contribution in [0.15, 0.2) is 54.6 Å². The van der Waals surface area contributed by atoms with Gasteiger partial charge in [0.05, 0.1) is 0 Å². The SMILES string of the molecule is c1ccc(CCc2cccc(-c3nnn[nH]3)c2)cc1. The molecule has 0 radical (unpaired) electrons. The Morgan fingerprint density at radius 2 is 1.63 bits per heavy atom. The van der Waals surface area contributed by atoms with E-state index in [9.17, 15) is 0 Å². The highest BCUT2D eigenvalue weighted by Crippen LogP contribution is 2.16. The molecule has 19 heavy (non-hydrogen) atoms. The van der Waals surface area contributed by atoms with Crippen molar-refractivity contribution in [3.63, 3.8) is 0 Å². The number of benzene rings is 2. The highest BCUT2D eigenvalue weighted by atomic mass is 15.5. The first-order valence-electron chi connectivity index (χ1n) is 6.29. The molecule has 94 valence electrons. The maximum Gasteiger partial charge on any atom is 0.179 e. The summed E-state index contributed by atoms with van der Waals surface area (Å²) in [4.78, 5) is 0. The molecule has 4 heteroatoms. The second-order valence-corrected chi connectivity index (χ2v) is 4.44. The van der Waals surface area contributed by atoms with Crippen molar-refractivity contribution in [3.05, 3.63) is 65.7 Å². The lowest BCUT2D eigenvalue weighted by Gasteiger charge is -2.03. The van der Waals surface area contributed by atoms with Gasteiger partial charge >= 0.3 is 0 Å². The molecule has 0 saturated carbocycles. The van der Waals surface area contributed by atoms with Crippen molar-refractivity contribution in [2.75, 3.05) is 0 Å². The van der Waals surface area contributed by atoms with Gasteiger partial charge in [0, 0.05) is 5.56 Å². The smallest absolute Gasteiger partial charge is 0.179 e. The van der Waals surface area contributed by atoms with Crippen molar-refractivity contribution in [2.45, 2.75) is 12.8 Å². The van der Waals surface area contributed by atoms with Crippen LogP contribution in [-0.2, 0) is 12.8 Å². The summed E-state index contributed by atoms with van der Waals surface area (Å²) in [6.45, 7) is 0. The monoisotopic (exact) mass is 250 g/mol. The highest BCUT2D eigenvalue weighted by molar-refractivity contribution is 5.54. The summed E-state index contributed by atoms with van der Waals surface area (Å²) in [6, 6.07) is 18.8. The van der Waals surface area contributed by atoms with E-state index in [1.54, 1.807) is 0 Å². The average molecular weight is 250 g/mol. The molecule has 4 nitrogen and oxygen atoms in total. The zero-order chi connectivity index (χ0) is 12.9. The molecule has 0 amide bonds. The van der Waals surface area contributed by atoms with Crippen molar-refractivity contribution in [3.8, 4) is 11.4 Å². The van der Waals surface area contributed by atoms with Gasteiger partial charge in [-0.3, -0.25) is 0 Å². The lowest BCUT2D eigenvalue weighted by Crippen LogP contribution is -1.92. The van der Waals surface area contributed by atoms with Crippen LogP contribution >= 0.6 is 0 Å².